The molecule has 7 heteroatoms. The Morgan fingerprint density at radius 3 is 2.70 bits per heavy atom. The molecule has 3 aromatic rings. The van der Waals surface area contributed by atoms with Gasteiger partial charge in [0.15, 0.2) is 5.78 Å². The summed E-state index contributed by atoms with van der Waals surface area (Å²) in [4.78, 5) is 28.3. The topological polar surface area (TPSA) is 81.4 Å². The number of benzene rings is 2. The van der Waals surface area contributed by atoms with E-state index >= 15 is 0 Å². The molecule has 0 bridgehead atoms. The zero-order chi connectivity index (χ0) is 19.4. The van der Waals surface area contributed by atoms with Gasteiger partial charge in [-0.25, -0.2) is 4.98 Å². The van der Waals surface area contributed by atoms with Crippen LogP contribution >= 0.6 is 11.6 Å². The summed E-state index contributed by atoms with van der Waals surface area (Å²) in [6, 6.07) is 11.6. The molecule has 140 valence electrons. The van der Waals surface area contributed by atoms with Crippen molar-refractivity contribution in [2.24, 2.45) is 0 Å². The maximum absolute atomic E-state index is 12.5. The van der Waals surface area contributed by atoms with Crippen molar-refractivity contribution in [3.8, 4) is 5.75 Å². The molecular weight excluding hydrogens is 368 g/mol. The van der Waals surface area contributed by atoms with Gasteiger partial charge < -0.3 is 9.84 Å². The number of aromatic nitrogens is 2. The summed E-state index contributed by atoms with van der Waals surface area (Å²) in [6.07, 6.45) is 0.934. The number of hydrogen-bond acceptors (Lipinski definition) is 5. The summed E-state index contributed by atoms with van der Waals surface area (Å²) in [6.45, 7) is 1.85. The number of carbonyl (C=O) groups is 1. The number of Topliss-reactive ketones (excluding diaryl/α,β-unsaturated/α-hetero) is 1. The molecule has 1 N–H and O–H groups in total. The van der Waals surface area contributed by atoms with Crippen LogP contribution in [0.1, 0.15) is 23.7 Å². The van der Waals surface area contributed by atoms with E-state index in [0.29, 0.717) is 33.7 Å². The monoisotopic (exact) mass is 386 g/mol. The van der Waals surface area contributed by atoms with Crippen LogP contribution in [0.5, 0.6) is 5.75 Å². The number of ketones is 1. The van der Waals surface area contributed by atoms with E-state index in [-0.39, 0.29) is 24.5 Å². The molecule has 0 saturated heterocycles. The molecule has 1 aromatic heterocycles. The van der Waals surface area contributed by atoms with Crippen molar-refractivity contribution in [2.75, 3.05) is 6.61 Å². The third kappa shape index (κ3) is 4.53. The number of ether oxygens (including phenoxy) is 1. The normalized spacial score (nSPS) is 12.1. The number of aliphatic hydroxyl groups is 1. The Labute approximate surface area is 161 Å². The van der Waals surface area contributed by atoms with E-state index in [0.717, 1.165) is 0 Å². The van der Waals surface area contributed by atoms with Crippen LogP contribution < -0.4 is 10.3 Å². The predicted molar refractivity (Wildman–Crippen MR) is 104 cm³/mol. The fourth-order valence-electron chi connectivity index (χ4n) is 2.67. The molecule has 0 amide bonds. The summed E-state index contributed by atoms with van der Waals surface area (Å²) in [5.74, 6) is 0.599. The Morgan fingerprint density at radius 1 is 1.26 bits per heavy atom. The van der Waals surface area contributed by atoms with E-state index in [1.807, 2.05) is 0 Å². The molecule has 0 aliphatic carbocycles. The highest BCUT2D eigenvalue weighted by Crippen LogP contribution is 2.15. The first kappa shape index (κ1) is 19.1. The van der Waals surface area contributed by atoms with Gasteiger partial charge in [0.1, 0.15) is 18.5 Å². The van der Waals surface area contributed by atoms with Crippen molar-refractivity contribution < 1.29 is 14.6 Å². The summed E-state index contributed by atoms with van der Waals surface area (Å²) < 4.78 is 6.87. The molecule has 0 radical (unpaired) electrons. The van der Waals surface area contributed by atoms with E-state index in [4.69, 9.17) is 16.3 Å². The molecule has 0 unspecified atom stereocenters. The second-order valence-electron chi connectivity index (χ2n) is 6.13. The quantitative estimate of drug-likeness (QED) is 0.631. The van der Waals surface area contributed by atoms with Gasteiger partial charge in [-0.05, 0) is 42.5 Å². The van der Waals surface area contributed by atoms with Crippen molar-refractivity contribution in [1.29, 1.82) is 0 Å². The lowest BCUT2D eigenvalue weighted by molar-refractivity contribution is 0.0913. The number of rotatable bonds is 7. The first-order valence-corrected chi connectivity index (χ1v) is 8.94. The van der Waals surface area contributed by atoms with Crippen LogP contribution in [-0.2, 0) is 6.54 Å². The molecule has 0 fully saturated rings. The fourth-order valence-corrected chi connectivity index (χ4v) is 2.85. The summed E-state index contributed by atoms with van der Waals surface area (Å²) in [5.41, 5.74) is 0.898. The predicted octanol–water partition coefficient (Wildman–Crippen LogP) is 3.08. The number of nitrogens with zero attached hydrogens (tertiary/aromatic N) is 2. The van der Waals surface area contributed by atoms with Gasteiger partial charge >= 0.3 is 0 Å². The largest absolute Gasteiger partial charge is 0.491 e. The Kier molecular flexibility index (Phi) is 5.88. The minimum Gasteiger partial charge on any atom is -0.491 e. The molecule has 6 nitrogen and oxygen atoms in total. The molecule has 27 heavy (non-hydrogen) atoms. The first-order chi connectivity index (χ1) is 13.0. The average Bonchev–Trinajstić information content (AvgIpc) is 2.68. The van der Waals surface area contributed by atoms with Crippen LogP contribution in [0.25, 0.3) is 10.9 Å². The minimum atomic E-state index is -0.905. The van der Waals surface area contributed by atoms with E-state index < -0.39 is 6.10 Å². The van der Waals surface area contributed by atoms with Gasteiger partial charge in [-0.15, -0.1) is 0 Å². The van der Waals surface area contributed by atoms with Gasteiger partial charge in [0.25, 0.3) is 5.56 Å². The van der Waals surface area contributed by atoms with Crippen molar-refractivity contribution >= 4 is 28.3 Å². The number of fused-ring (bicyclic) bond motifs is 1. The second-order valence-corrected chi connectivity index (χ2v) is 6.57. The van der Waals surface area contributed by atoms with Gasteiger partial charge in [-0.2, -0.15) is 0 Å². The zero-order valence-electron chi connectivity index (χ0n) is 14.8. The van der Waals surface area contributed by atoms with Gasteiger partial charge in [-0.1, -0.05) is 18.5 Å². The van der Waals surface area contributed by atoms with E-state index in [1.165, 1.54) is 10.9 Å². The number of carbonyl (C=O) groups excluding carboxylic acids is 1. The van der Waals surface area contributed by atoms with Crippen molar-refractivity contribution in [1.82, 2.24) is 9.55 Å². The highest BCUT2D eigenvalue weighted by Gasteiger charge is 2.11. The first-order valence-electron chi connectivity index (χ1n) is 8.56. The van der Waals surface area contributed by atoms with Crippen LogP contribution in [0, 0.1) is 0 Å². The molecule has 0 spiro atoms. The van der Waals surface area contributed by atoms with Crippen molar-refractivity contribution in [3.63, 3.8) is 0 Å². The average molecular weight is 387 g/mol. The molecule has 0 aliphatic heterocycles. The lowest BCUT2D eigenvalue weighted by Gasteiger charge is -2.14. The number of aliphatic hydroxyl groups excluding tert-OH is 1. The minimum absolute atomic E-state index is 0.00109. The smallest absolute Gasteiger partial charge is 0.261 e. The molecule has 0 aliphatic rings. The second kappa shape index (κ2) is 8.33. The number of halogens is 1. The maximum atomic E-state index is 12.5. The van der Waals surface area contributed by atoms with E-state index in [2.05, 4.69) is 4.98 Å². The van der Waals surface area contributed by atoms with Crippen LogP contribution in [0.4, 0.5) is 0 Å². The van der Waals surface area contributed by atoms with Crippen LogP contribution in [-0.4, -0.2) is 33.2 Å². The summed E-state index contributed by atoms with van der Waals surface area (Å²) in [5, 5.41) is 11.1. The number of hydrogen-bond donors (Lipinski definition) is 1. The van der Waals surface area contributed by atoms with Crippen molar-refractivity contribution in [2.45, 2.75) is 26.0 Å². The highest BCUT2D eigenvalue weighted by atomic mass is 35.5. The SMILES string of the molecule is CCC(=O)c1ccc(OC[C@@H](O)Cn2cnc3ccc(Cl)cc3c2=O)cc1. The molecule has 3 rings (SSSR count). The van der Waals surface area contributed by atoms with Gasteiger partial charge in [0.2, 0.25) is 0 Å². The Bertz CT molecular complexity index is 1010. The van der Waals surface area contributed by atoms with E-state index in [1.54, 1.807) is 49.4 Å². The Hall–Kier alpha value is -2.70. The Balaban J connectivity index is 1.65. The summed E-state index contributed by atoms with van der Waals surface area (Å²) in [7, 11) is 0. The maximum Gasteiger partial charge on any atom is 0.261 e. The summed E-state index contributed by atoms with van der Waals surface area (Å²) >= 11 is 5.94. The molecule has 1 heterocycles. The Morgan fingerprint density at radius 2 is 2.00 bits per heavy atom. The van der Waals surface area contributed by atoms with Crippen LogP contribution in [0.15, 0.2) is 53.6 Å². The van der Waals surface area contributed by atoms with Crippen molar-refractivity contribution in [3.05, 3.63) is 69.7 Å². The standard InChI is InChI=1S/C20H19ClN2O4/c1-2-19(25)13-3-6-16(7-4-13)27-11-15(24)10-23-12-22-18-8-5-14(21)9-17(18)20(23)26/h3-9,12,15,24H,2,10-11H2,1H3/t15-/m0/s1. The van der Waals surface area contributed by atoms with E-state index in [9.17, 15) is 14.7 Å². The molecule has 1 atom stereocenters. The fraction of sp³-hybridized carbons (Fsp3) is 0.250. The lowest BCUT2D eigenvalue weighted by atomic mass is 10.1. The molecular formula is C20H19ClN2O4. The van der Waals surface area contributed by atoms with Gasteiger partial charge in [0, 0.05) is 17.0 Å². The zero-order valence-corrected chi connectivity index (χ0v) is 15.5. The lowest BCUT2D eigenvalue weighted by Crippen LogP contribution is -2.30. The van der Waals surface area contributed by atoms with Gasteiger partial charge in [-0.3, -0.25) is 14.2 Å². The molecule has 0 saturated carbocycles. The molecule has 2 aromatic carbocycles. The third-order valence-corrected chi connectivity index (χ3v) is 4.37. The van der Waals surface area contributed by atoms with Gasteiger partial charge in [0.05, 0.1) is 23.8 Å². The van der Waals surface area contributed by atoms with Crippen LogP contribution in [0.2, 0.25) is 5.02 Å². The third-order valence-electron chi connectivity index (χ3n) is 4.13. The van der Waals surface area contributed by atoms with Crippen LogP contribution in [0.3, 0.4) is 0 Å². The highest BCUT2D eigenvalue weighted by molar-refractivity contribution is 6.31.